The molecule has 0 fully saturated rings. The van der Waals surface area contributed by atoms with Crippen LogP contribution in [0, 0.1) is 22.5 Å². The summed E-state index contributed by atoms with van der Waals surface area (Å²) in [5.74, 6) is 1.62. The summed E-state index contributed by atoms with van der Waals surface area (Å²) in [4.78, 5) is 29.9. The third-order valence-corrected chi connectivity index (χ3v) is 3.06. The van der Waals surface area contributed by atoms with Crippen LogP contribution >= 0.6 is 0 Å². The van der Waals surface area contributed by atoms with Gasteiger partial charge in [-0.1, -0.05) is 18.2 Å². The Morgan fingerprint density at radius 2 is 2.08 bits per heavy atom. The maximum absolute atomic E-state index is 11.8. The molecule has 0 aliphatic carbocycles. The lowest BCUT2D eigenvalue weighted by atomic mass is 10.2. The molecule has 0 amide bonds. The smallest absolute Gasteiger partial charge is 0.338 e. The number of ether oxygens (including phenoxy) is 1. The van der Waals surface area contributed by atoms with Gasteiger partial charge in [-0.2, -0.15) is 4.98 Å². The molecule has 0 unspecified atom stereocenters. The van der Waals surface area contributed by atoms with E-state index in [4.69, 9.17) is 16.9 Å². The highest BCUT2D eigenvalue weighted by Crippen LogP contribution is 2.24. The topological polar surface area (TPSA) is 133 Å². The van der Waals surface area contributed by atoms with E-state index in [1.165, 1.54) is 0 Å². The lowest BCUT2D eigenvalue weighted by Gasteiger charge is -2.08. The van der Waals surface area contributed by atoms with E-state index in [9.17, 15) is 14.9 Å². The molecule has 0 saturated carbocycles. The zero-order valence-electron chi connectivity index (χ0n) is 13.1. The molecule has 0 saturated heterocycles. The van der Waals surface area contributed by atoms with Crippen LogP contribution in [0.15, 0.2) is 30.3 Å². The Hall–Kier alpha value is -3.67. The number of anilines is 2. The number of nitrogens with zero attached hydrogens (tertiary/aromatic N) is 3. The predicted molar refractivity (Wildman–Crippen MR) is 90.9 cm³/mol. The average molecular weight is 341 g/mol. The standard InChI is InChI=1S/C16H15N5O4/c1-2-6-12-13(21(23)24)14(17)20-16(19-12)18-9-10-25-15(22)11-7-4-3-5-8-11/h1,3-5,7-8H,6,9-10H2,(H3,17,18,19,20). The van der Waals surface area contributed by atoms with Crippen LogP contribution in [0.2, 0.25) is 0 Å². The highest BCUT2D eigenvalue weighted by atomic mass is 16.6. The van der Waals surface area contributed by atoms with E-state index >= 15 is 0 Å². The van der Waals surface area contributed by atoms with E-state index in [1.54, 1.807) is 30.3 Å². The molecule has 2 aromatic rings. The Kier molecular flexibility index (Phi) is 5.84. The van der Waals surface area contributed by atoms with Crippen molar-refractivity contribution in [2.45, 2.75) is 6.42 Å². The summed E-state index contributed by atoms with van der Waals surface area (Å²) in [6, 6.07) is 8.54. The molecular formula is C16H15N5O4. The average Bonchev–Trinajstić information content (AvgIpc) is 2.59. The summed E-state index contributed by atoms with van der Waals surface area (Å²) in [7, 11) is 0. The van der Waals surface area contributed by atoms with E-state index in [0.717, 1.165) is 0 Å². The number of nitrogens with two attached hydrogens (primary N) is 1. The monoisotopic (exact) mass is 341 g/mol. The highest BCUT2D eigenvalue weighted by molar-refractivity contribution is 5.89. The van der Waals surface area contributed by atoms with E-state index in [1.807, 2.05) is 0 Å². The van der Waals surface area contributed by atoms with Crippen LogP contribution in [-0.4, -0.2) is 34.0 Å². The van der Waals surface area contributed by atoms with Crippen molar-refractivity contribution in [1.82, 2.24) is 9.97 Å². The molecular weight excluding hydrogens is 326 g/mol. The summed E-state index contributed by atoms with van der Waals surface area (Å²) in [5, 5.41) is 13.8. The van der Waals surface area contributed by atoms with Crippen molar-refractivity contribution < 1.29 is 14.5 Å². The molecule has 25 heavy (non-hydrogen) atoms. The Labute approximate surface area is 143 Å². The molecule has 0 aliphatic heterocycles. The van der Waals surface area contributed by atoms with Crippen molar-refractivity contribution in [3.8, 4) is 12.3 Å². The van der Waals surface area contributed by atoms with Gasteiger partial charge in [0.2, 0.25) is 11.8 Å². The summed E-state index contributed by atoms with van der Waals surface area (Å²) in [6.07, 6.45) is 5.13. The first-order valence-electron chi connectivity index (χ1n) is 7.23. The normalized spacial score (nSPS) is 9.88. The molecule has 2 rings (SSSR count). The minimum atomic E-state index is -0.673. The quantitative estimate of drug-likeness (QED) is 0.254. The van der Waals surface area contributed by atoms with Gasteiger partial charge in [0, 0.05) is 0 Å². The van der Waals surface area contributed by atoms with Gasteiger partial charge in [0.15, 0.2) is 0 Å². The molecule has 1 aromatic heterocycles. The number of esters is 1. The maximum atomic E-state index is 11.8. The number of hydrogen-bond acceptors (Lipinski definition) is 8. The molecule has 0 spiro atoms. The SMILES string of the molecule is C#CCc1nc(NCCOC(=O)c2ccccc2)nc(N)c1[N+](=O)[O-]. The first kappa shape index (κ1) is 17.7. The summed E-state index contributed by atoms with van der Waals surface area (Å²) in [5.41, 5.74) is 5.68. The van der Waals surface area contributed by atoms with Crippen LogP contribution in [0.3, 0.4) is 0 Å². The van der Waals surface area contributed by atoms with Crippen LogP contribution < -0.4 is 11.1 Å². The first-order chi connectivity index (χ1) is 12.0. The van der Waals surface area contributed by atoms with E-state index in [2.05, 4.69) is 21.2 Å². The third-order valence-electron chi connectivity index (χ3n) is 3.06. The van der Waals surface area contributed by atoms with Crippen molar-refractivity contribution in [3.63, 3.8) is 0 Å². The van der Waals surface area contributed by atoms with Gasteiger partial charge < -0.3 is 15.8 Å². The molecule has 0 atom stereocenters. The van der Waals surface area contributed by atoms with Gasteiger partial charge in [-0.3, -0.25) is 10.1 Å². The van der Waals surface area contributed by atoms with E-state index in [-0.39, 0.29) is 37.0 Å². The van der Waals surface area contributed by atoms with Crippen LogP contribution in [-0.2, 0) is 11.2 Å². The van der Waals surface area contributed by atoms with Crippen molar-refractivity contribution in [2.75, 3.05) is 24.2 Å². The van der Waals surface area contributed by atoms with Gasteiger partial charge in [-0.15, -0.1) is 12.3 Å². The Bertz CT molecular complexity index is 817. The Morgan fingerprint density at radius 1 is 1.36 bits per heavy atom. The predicted octanol–water partition coefficient (Wildman–Crippen LogP) is 1.41. The number of aromatic nitrogens is 2. The number of nitrogens with one attached hydrogen (secondary N) is 1. The minimum absolute atomic E-state index is 0.0452. The maximum Gasteiger partial charge on any atom is 0.338 e. The largest absolute Gasteiger partial charge is 0.460 e. The zero-order chi connectivity index (χ0) is 18.2. The fraction of sp³-hybridized carbons (Fsp3) is 0.188. The summed E-state index contributed by atoms with van der Waals surface area (Å²) >= 11 is 0. The number of terminal acetylenes is 1. The van der Waals surface area contributed by atoms with Crippen molar-refractivity contribution >= 4 is 23.4 Å². The molecule has 9 nitrogen and oxygen atoms in total. The second-order valence-electron chi connectivity index (χ2n) is 4.79. The van der Waals surface area contributed by atoms with Crippen LogP contribution in [0.4, 0.5) is 17.5 Å². The van der Waals surface area contributed by atoms with Crippen LogP contribution in [0.25, 0.3) is 0 Å². The van der Waals surface area contributed by atoms with Crippen molar-refractivity contribution in [3.05, 3.63) is 51.7 Å². The molecule has 0 aliphatic rings. The zero-order valence-corrected chi connectivity index (χ0v) is 13.1. The third kappa shape index (κ3) is 4.65. The van der Waals surface area contributed by atoms with Crippen LogP contribution in [0.1, 0.15) is 16.1 Å². The molecule has 0 bridgehead atoms. The number of rotatable bonds is 7. The van der Waals surface area contributed by atoms with E-state index in [0.29, 0.717) is 5.56 Å². The number of carbonyl (C=O) groups is 1. The van der Waals surface area contributed by atoms with Gasteiger partial charge in [-0.05, 0) is 12.1 Å². The lowest BCUT2D eigenvalue weighted by molar-refractivity contribution is -0.385. The highest BCUT2D eigenvalue weighted by Gasteiger charge is 2.22. The molecule has 9 heteroatoms. The van der Waals surface area contributed by atoms with Gasteiger partial charge in [0.1, 0.15) is 12.3 Å². The van der Waals surface area contributed by atoms with Crippen molar-refractivity contribution in [1.29, 1.82) is 0 Å². The van der Waals surface area contributed by atoms with Crippen molar-refractivity contribution in [2.24, 2.45) is 0 Å². The Balaban J connectivity index is 1.96. The van der Waals surface area contributed by atoms with Crippen LogP contribution in [0.5, 0.6) is 0 Å². The Morgan fingerprint density at radius 3 is 2.72 bits per heavy atom. The minimum Gasteiger partial charge on any atom is -0.460 e. The summed E-state index contributed by atoms with van der Waals surface area (Å²) < 4.78 is 5.09. The summed E-state index contributed by atoms with van der Waals surface area (Å²) in [6.45, 7) is 0.254. The second-order valence-corrected chi connectivity index (χ2v) is 4.79. The molecule has 0 radical (unpaired) electrons. The fourth-order valence-electron chi connectivity index (χ4n) is 1.98. The first-order valence-corrected chi connectivity index (χ1v) is 7.23. The molecule has 1 aromatic carbocycles. The number of benzene rings is 1. The number of hydrogen-bond donors (Lipinski definition) is 2. The number of nitro groups is 1. The second kappa shape index (κ2) is 8.26. The van der Waals surface area contributed by atoms with Gasteiger partial charge in [-0.25, -0.2) is 9.78 Å². The van der Waals surface area contributed by atoms with E-state index < -0.39 is 16.6 Å². The number of nitrogen functional groups attached to an aromatic ring is 1. The van der Waals surface area contributed by atoms with Gasteiger partial charge in [0.05, 0.1) is 23.5 Å². The molecule has 128 valence electrons. The fourth-order valence-corrected chi connectivity index (χ4v) is 1.98. The molecule has 1 heterocycles. The number of carbonyl (C=O) groups excluding carboxylic acids is 1. The lowest BCUT2D eigenvalue weighted by Crippen LogP contribution is -2.16. The van der Waals surface area contributed by atoms with Gasteiger partial charge in [0.25, 0.3) is 0 Å². The van der Waals surface area contributed by atoms with Gasteiger partial charge >= 0.3 is 11.7 Å². The molecule has 3 N–H and O–H groups in total.